The first-order chi connectivity index (χ1) is 11.3. The monoisotopic (exact) mass is 337 g/mol. The largest absolute Gasteiger partial charge is 0.486 e. The number of ether oxygens (including phenoxy) is 3. The fourth-order valence-corrected chi connectivity index (χ4v) is 2.85. The van der Waals surface area contributed by atoms with Crippen LogP contribution in [0, 0.1) is 0 Å². The molecule has 1 fully saturated rings. The van der Waals surface area contributed by atoms with Crippen molar-refractivity contribution in [1.29, 1.82) is 0 Å². The molecule has 7 heteroatoms. The Kier molecular flexibility index (Phi) is 5.90. The summed E-state index contributed by atoms with van der Waals surface area (Å²) >= 11 is 5.33. The fourth-order valence-electron chi connectivity index (χ4n) is 2.63. The van der Waals surface area contributed by atoms with Crippen molar-refractivity contribution in [2.45, 2.75) is 6.42 Å². The molecular weight excluding hydrogens is 314 g/mol. The van der Waals surface area contributed by atoms with Gasteiger partial charge in [-0.1, -0.05) is 0 Å². The Hall–Kier alpha value is -1.57. The normalized spacial score (nSPS) is 17.6. The minimum Gasteiger partial charge on any atom is -0.486 e. The third-order valence-corrected chi connectivity index (χ3v) is 4.09. The van der Waals surface area contributed by atoms with Crippen molar-refractivity contribution in [1.82, 2.24) is 10.2 Å². The first kappa shape index (κ1) is 16.3. The Morgan fingerprint density at radius 2 is 1.87 bits per heavy atom. The predicted octanol–water partition coefficient (Wildman–Crippen LogP) is 1.47. The molecule has 2 aliphatic heterocycles. The average Bonchev–Trinajstić information content (AvgIpc) is 2.59. The average molecular weight is 337 g/mol. The smallest absolute Gasteiger partial charge is 0.170 e. The molecule has 0 radical (unpaired) electrons. The lowest BCUT2D eigenvalue weighted by Gasteiger charge is -2.26. The summed E-state index contributed by atoms with van der Waals surface area (Å²) in [5.41, 5.74) is 0.903. The topological polar surface area (TPSA) is 55.0 Å². The van der Waals surface area contributed by atoms with Gasteiger partial charge >= 0.3 is 0 Å². The van der Waals surface area contributed by atoms with Crippen LogP contribution in [-0.4, -0.2) is 62.6 Å². The van der Waals surface area contributed by atoms with Crippen molar-refractivity contribution in [2.75, 3.05) is 57.9 Å². The van der Waals surface area contributed by atoms with E-state index in [2.05, 4.69) is 15.5 Å². The number of fused-ring (bicyclic) bond motifs is 1. The molecule has 2 N–H and O–H groups in total. The second-order valence-electron chi connectivity index (χ2n) is 5.55. The lowest BCUT2D eigenvalue weighted by Crippen LogP contribution is -2.38. The van der Waals surface area contributed by atoms with E-state index in [9.17, 15) is 0 Å². The first-order valence-corrected chi connectivity index (χ1v) is 8.47. The lowest BCUT2D eigenvalue weighted by molar-refractivity contribution is 0.0376. The summed E-state index contributed by atoms with van der Waals surface area (Å²) in [6, 6.07) is 5.75. The quantitative estimate of drug-likeness (QED) is 0.623. The SMILES string of the molecule is S=C(NCCCN1CCOCC1)Nc1ccc2c(c1)OCCO2. The van der Waals surface area contributed by atoms with Gasteiger partial charge in [0.05, 0.1) is 13.2 Å². The zero-order valence-corrected chi connectivity index (χ0v) is 14.0. The van der Waals surface area contributed by atoms with Crippen molar-refractivity contribution in [2.24, 2.45) is 0 Å². The number of morpholine rings is 1. The van der Waals surface area contributed by atoms with Gasteiger partial charge in [0.25, 0.3) is 0 Å². The predicted molar refractivity (Wildman–Crippen MR) is 93.5 cm³/mol. The van der Waals surface area contributed by atoms with E-state index in [1.807, 2.05) is 18.2 Å². The van der Waals surface area contributed by atoms with E-state index in [0.717, 1.165) is 63.0 Å². The number of anilines is 1. The van der Waals surface area contributed by atoms with Gasteiger partial charge in [-0.15, -0.1) is 0 Å². The van der Waals surface area contributed by atoms with E-state index in [-0.39, 0.29) is 0 Å². The van der Waals surface area contributed by atoms with Crippen LogP contribution in [0.5, 0.6) is 11.5 Å². The van der Waals surface area contributed by atoms with Crippen molar-refractivity contribution in [3.8, 4) is 11.5 Å². The molecule has 6 nitrogen and oxygen atoms in total. The van der Waals surface area contributed by atoms with Gasteiger partial charge in [0.2, 0.25) is 0 Å². The Bertz CT molecular complexity index is 535. The highest BCUT2D eigenvalue weighted by molar-refractivity contribution is 7.80. The molecule has 0 bridgehead atoms. The number of hydrogen-bond donors (Lipinski definition) is 2. The molecule has 0 aliphatic carbocycles. The van der Waals surface area contributed by atoms with Gasteiger partial charge in [0.1, 0.15) is 13.2 Å². The highest BCUT2D eigenvalue weighted by atomic mass is 32.1. The maximum Gasteiger partial charge on any atom is 0.170 e. The summed E-state index contributed by atoms with van der Waals surface area (Å²) in [5, 5.41) is 7.05. The molecule has 2 aliphatic rings. The zero-order valence-electron chi connectivity index (χ0n) is 13.2. The van der Waals surface area contributed by atoms with Crippen LogP contribution in [0.1, 0.15) is 6.42 Å². The molecule has 0 aromatic heterocycles. The summed E-state index contributed by atoms with van der Waals surface area (Å²) in [7, 11) is 0. The third kappa shape index (κ3) is 4.95. The zero-order chi connectivity index (χ0) is 15.9. The van der Waals surface area contributed by atoms with Crippen molar-refractivity contribution in [3.63, 3.8) is 0 Å². The summed E-state index contributed by atoms with van der Waals surface area (Å²) in [5.74, 6) is 1.54. The minimum absolute atomic E-state index is 0.584. The third-order valence-electron chi connectivity index (χ3n) is 3.84. The van der Waals surface area contributed by atoms with Crippen LogP contribution >= 0.6 is 12.2 Å². The second kappa shape index (κ2) is 8.33. The number of benzene rings is 1. The van der Waals surface area contributed by atoms with Crippen molar-refractivity contribution < 1.29 is 14.2 Å². The van der Waals surface area contributed by atoms with Gasteiger partial charge in [-0.25, -0.2) is 0 Å². The van der Waals surface area contributed by atoms with Crippen LogP contribution in [0.25, 0.3) is 0 Å². The van der Waals surface area contributed by atoms with E-state index in [4.69, 9.17) is 26.4 Å². The molecule has 0 atom stereocenters. The molecule has 3 rings (SSSR count). The maximum absolute atomic E-state index is 5.57. The van der Waals surface area contributed by atoms with Crippen LogP contribution in [0.15, 0.2) is 18.2 Å². The van der Waals surface area contributed by atoms with E-state index in [1.54, 1.807) is 0 Å². The lowest BCUT2D eigenvalue weighted by atomic mass is 10.2. The summed E-state index contributed by atoms with van der Waals surface area (Å²) < 4.78 is 16.4. The molecule has 1 saturated heterocycles. The van der Waals surface area contributed by atoms with Crippen LogP contribution < -0.4 is 20.1 Å². The number of hydrogen-bond acceptors (Lipinski definition) is 5. The molecule has 23 heavy (non-hydrogen) atoms. The van der Waals surface area contributed by atoms with E-state index in [0.29, 0.717) is 18.3 Å². The Labute approximate surface area is 142 Å². The Morgan fingerprint density at radius 3 is 2.70 bits per heavy atom. The first-order valence-electron chi connectivity index (χ1n) is 8.06. The number of nitrogens with one attached hydrogen (secondary N) is 2. The van der Waals surface area contributed by atoms with Gasteiger partial charge in [-0.2, -0.15) is 0 Å². The van der Waals surface area contributed by atoms with Crippen LogP contribution in [0.2, 0.25) is 0 Å². The highest BCUT2D eigenvalue weighted by Crippen LogP contribution is 2.32. The molecule has 0 unspecified atom stereocenters. The number of thiocarbonyl (C=S) groups is 1. The van der Waals surface area contributed by atoms with Gasteiger partial charge < -0.3 is 24.8 Å². The number of rotatable bonds is 5. The van der Waals surface area contributed by atoms with Gasteiger partial charge in [-0.3, -0.25) is 4.90 Å². The van der Waals surface area contributed by atoms with Crippen molar-refractivity contribution in [3.05, 3.63) is 18.2 Å². The van der Waals surface area contributed by atoms with Crippen LogP contribution in [0.3, 0.4) is 0 Å². The fraction of sp³-hybridized carbons (Fsp3) is 0.562. The molecule has 0 spiro atoms. The molecule has 126 valence electrons. The summed E-state index contributed by atoms with van der Waals surface area (Å²) in [6.45, 7) is 6.86. The highest BCUT2D eigenvalue weighted by Gasteiger charge is 2.12. The molecule has 0 amide bonds. The van der Waals surface area contributed by atoms with Gasteiger partial charge in [0.15, 0.2) is 16.6 Å². The molecule has 0 saturated carbocycles. The minimum atomic E-state index is 0.584. The molecule has 2 heterocycles. The summed E-state index contributed by atoms with van der Waals surface area (Å²) in [4.78, 5) is 2.42. The number of nitrogens with zero attached hydrogens (tertiary/aromatic N) is 1. The maximum atomic E-state index is 5.57. The Morgan fingerprint density at radius 1 is 1.09 bits per heavy atom. The van der Waals surface area contributed by atoms with Crippen LogP contribution in [-0.2, 0) is 4.74 Å². The van der Waals surface area contributed by atoms with Gasteiger partial charge in [-0.05, 0) is 37.3 Å². The molecular formula is C16H23N3O3S. The summed E-state index contributed by atoms with van der Waals surface area (Å²) in [6.07, 6.45) is 1.06. The van der Waals surface area contributed by atoms with Gasteiger partial charge in [0, 0.05) is 31.4 Å². The Balaban J connectivity index is 1.37. The second-order valence-corrected chi connectivity index (χ2v) is 5.96. The van der Waals surface area contributed by atoms with E-state index >= 15 is 0 Å². The standard InChI is InChI=1S/C16H23N3O3S/c23-16(17-4-1-5-19-6-8-20-9-7-19)18-13-2-3-14-15(12-13)22-11-10-21-14/h2-3,12H,1,4-11H2,(H2,17,18,23). The van der Waals surface area contributed by atoms with Crippen molar-refractivity contribution >= 4 is 23.0 Å². The molecule has 1 aromatic carbocycles. The van der Waals surface area contributed by atoms with E-state index in [1.165, 1.54) is 0 Å². The van der Waals surface area contributed by atoms with Crippen LogP contribution in [0.4, 0.5) is 5.69 Å². The van der Waals surface area contributed by atoms with E-state index < -0.39 is 0 Å². The molecule has 1 aromatic rings.